The lowest BCUT2D eigenvalue weighted by atomic mass is 9.96. The van der Waals surface area contributed by atoms with E-state index in [1.54, 1.807) is 0 Å². The zero-order valence-corrected chi connectivity index (χ0v) is 9.17. The molecule has 0 aromatic heterocycles. The van der Waals surface area contributed by atoms with Gasteiger partial charge in [0.2, 0.25) is 0 Å². The standard InChI is InChI=1S/C10H16O6/c1-3-5(11)7(9(13)14)8(10(15)16)6(12)4-2/h5-6,11-12H,3-4H2,1-2H3,(H,13,14)(H,15,16)/b8-7+. The van der Waals surface area contributed by atoms with Crippen LogP contribution in [0.25, 0.3) is 0 Å². The highest BCUT2D eigenvalue weighted by atomic mass is 16.4. The maximum Gasteiger partial charge on any atom is 0.334 e. The van der Waals surface area contributed by atoms with E-state index < -0.39 is 35.3 Å². The monoisotopic (exact) mass is 232 g/mol. The second-order valence-corrected chi connectivity index (χ2v) is 3.29. The molecule has 0 aliphatic heterocycles. The first-order chi connectivity index (χ1) is 7.36. The van der Waals surface area contributed by atoms with Crippen molar-refractivity contribution in [3.63, 3.8) is 0 Å². The topological polar surface area (TPSA) is 115 Å². The zero-order chi connectivity index (χ0) is 12.9. The van der Waals surface area contributed by atoms with Crippen molar-refractivity contribution in [1.82, 2.24) is 0 Å². The smallest absolute Gasteiger partial charge is 0.334 e. The van der Waals surface area contributed by atoms with Crippen molar-refractivity contribution in [1.29, 1.82) is 0 Å². The molecule has 2 unspecified atom stereocenters. The molecule has 0 rings (SSSR count). The lowest BCUT2D eigenvalue weighted by molar-refractivity contribution is -0.137. The SMILES string of the molecule is CCC(O)/C(C(=O)O)=C(\C(=O)O)C(O)CC. The molecule has 0 saturated carbocycles. The average Bonchev–Trinajstić information content (AvgIpc) is 2.22. The zero-order valence-electron chi connectivity index (χ0n) is 9.17. The molecule has 6 nitrogen and oxygen atoms in total. The van der Waals surface area contributed by atoms with Crippen molar-refractivity contribution in [2.24, 2.45) is 0 Å². The predicted molar refractivity (Wildman–Crippen MR) is 54.9 cm³/mol. The number of hydrogen-bond acceptors (Lipinski definition) is 4. The van der Waals surface area contributed by atoms with Crippen LogP contribution in [0.2, 0.25) is 0 Å². The Hall–Kier alpha value is -1.40. The molecule has 92 valence electrons. The quantitative estimate of drug-likeness (QED) is 0.479. The minimum atomic E-state index is -1.53. The van der Waals surface area contributed by atoms with Crippen molar-refractivity contribution in [2.75, 3.05) is 0 Å². The molecule has 0 spiro atoms. The minimum absolute atomic E-state index is 0.0643. The van der Waals surface area contributed by atoms with Crippen LogP contribution in [0.4, 0.5) is 0 Å². The maximum atomic E-state index is 10.9. The van der Waals surface area contributed by atoms with Gasteiger partial charge in [-0.2, -0.15) is 0 Å². The van der Waals surface area contributed by atoms with Gasteiger partial charge in [0.25, 0.3) is 0 Å². The van der Waals surface area contributed by atoms with Gasteiger partial charge in [0.1, 0.15) is 0 Å². The van der Waals surface area contributed by atoms with Crippen LogP contribution in [0.5, 0.6) is 0 Å². The molecule has 0 fully saturated rings. The van der Waals surface area contributed by atoms with E-state index in [4.69, 9.17) is 10.2 Å². The summed E-state index contributed by atoms with van der Waals surface area (Å²) in [5, 5.41) is 36.6. The van der Waals surface area contributed by atoms with E-state index in [1.807, 2.05) is 0 Å². The van der Waals surface area contributed by atoms with Crippen LogP contribution in [0.1, 0.15) is 26.7 Å². The fourth-order valence-corrected chi connectivity index (χ4v) is 1.28. The van der Waals surface area contributed by atoms with Crippen LogP contribution in [0.3, 0.4) is 0 Å². The van der Waals surface area contributed by atoms with E-state index in [-0.39, 0.29) is 12.8 Å². The molecule has 2 atom stereocenters. The van der Waals surface area contributed by atoms with Gasteiger partial charge in [-0.25, -0.2) is 9.59 Å². The Morgan fingerprint density at radius 2 is 1.12 bits per heavy atom. The van der Waals surface area contributed by atoms with Gasteiger partial charge < -0.3 is 20.4 Å². The van der Waals surface area contributed by atoms with E-state index in [0.717, 1.165) is 0 Å². The van der Waals surface area contributed by atoms with E-state index in [1.165, 1.54) is 13.8 Å². The molecule has 0 aliphatic rings. The van der Waals surface area contributed by atoms with Gasteiger partial charge in [-0.15, -0.1) is 0 Å². The third-order valence-electron chi connectivity index (χ3n) is 2.19. The Morgan fingerprint density at radius 3 is 1.25 bits per heavy atom. The summed E-state index contributed by atoms with van der Waals surface area (Å²) in [6, 6.07) is 0. The third-order valence-corrected chi connectivity index (χ3v) is 2.19. The molecule has 0 aromatic rings. The van der Waals surface area contributed by atoms with Crippen LogP contribution < -0.4 is 0 Å². The average molecular weight is 232 g/mol. The first-order valence-electron chi connectivity index (χ1n) is 4.93. The van der Waals surface area contributed by atoms with Crippen molar-refractivity contribution in [3.05, 3.63) is 11.1 Å². The Bertz CT molecular complexity index is 276. The van der Waals surface area contributed by atoms with Gasteiger partial charge in [-0.3, -0.25) is 0 Å². The van der Waals surface area contributed by atoms with E-state index >= 15 is 0 Å². The molecule has 0 aliphatic carbocycles. The molecule has 0 bridgehead atoms. The molecular formula is C10H16O6. The number of aliphatic carboxylic acids is 2. The van der Waals surface area contributed by atoms with Crippen LogP contribution in [-0.2, 0) is 9.59 Å². The number of carbonyl (C=O) groups is 2. The summed E-state index contributed by atoms with van der Waals surface area (Å²) in [6.45, 7) is 3.04. The van der Waals surface area contributed by atoms with Crippen molar-refractivity contribution in [3.8, 4) is 0 Å². The number of rotatable bonds is 6. The molecule has 4 N–H and O–H groups in total. The molecular weight excluding hydrogens is 216 g/mol. The third kappa shape index (κ3) is 3.32. The fourth-order valence-electron chi connectivity index (χ4n) is 1.28. The summed E-state index contributed by atoms with van der Waals surface area (Å²) >= 11 is 0. The second kappa shape index (κ2) is 6.24. The van der Waals surface area contributed by atoms with E-state index in [9.17, 15) is 19.8 Å². The lowest BCUT2D eigenvalue weighted by Gasteiger charge is -2.16. The van der Waals surface area contributed by atoms with Gasteiger partial charge >= 0.3 is 11.9 Å². The largest absolute Gasteiger partial charge is 0.478 e. The number of carboxylic acids is 2. The summed E-state index contributed by atoms with van der Waals surface area (Å²) in [6.07, 6.45) is -2.67. The summed E-state index contributed by atoms with van der Waals surface area (Å²) < 4.78 is 0. The van der Waals surface area contributed by atoms with Crippen LogP contribution >= 0.6 is 0 Å². The Labute approximate surface area is 92.8 Å². The van der Waals surface area contributed by atoms with Crippen molar-refractivity contribution >= 4 is 11.9 Å². The van der Waals surface area contributed by atoms with E-state index in [2.05, 4.69) is 0 Å². The molecule has 16 heavy (non-hydrogen) atoms. The highest BCUT2D eigenvalue weighted by Gasteiger charge is 2.29. The van der Waals surface area contributed by atoms with Crippen molar-refractivity contribution < 1.29 is 30.0 Å². The van der Waals surface area contributed by atoms with Gasteiger partial charge in [0.05, 0.1) is 23.4 Å². The summed E-state index contributed by atoms with van der Waals surface area (Å²) in [4.78, 5) is 21.7. The van der Waals surface area contributed by atoms with Crippen LogP contribution in [0.15, 0.2) is 11.1 Å². The number of carboxylic acid groups (broad SMARTS) is 2. The Balaban J connectivity index is 5.63. The van der Waals surface area contributed by atoms with Gasteiger partial charge in [-0.1, -0.05) is 13.8 Å². The number of aliphatic hydroxyl groups is 2. The minimum Gasteiger partial charge on any atom is -0.478 e. The van der Waals surface area contributed by atoms with E-state index in [0.29, 0.717) is 0 Å². The molecule has 0 saturated heterocycles. The van der Waals surface area contributed by atoms with Crippen LogP contribution in [0, 0.1) is 0 Å². The first kappa shape index (κ1) is 14.6. The normalized spacial score (nSPS) is 16.2. The number of hydrogen-bond donors (Lipinski definition) is 4. The highest BCUT2D eigenvalue weighted by Crippen LogP contribution is 2.18. The predicted octanol–water partition coefficient (Wildman–Crippen LogP) is -0.00600. The first-order valence-corrected chi connectivity index (χ1v) is 4.93. The van der Waals surface area contributed by atoms with Gasteiger partial charge in [-0.05, 0) is 12.8 Å². The van der Waals surface area contributed by atoms with Gasteiger partial charge in [0.15, 0.2) is 0 Å². The summed E-state index contributed by atoms with van der Waals surface area (Å²) in [5.41, 5.74) is -1.30. The molecule has 6 heteroatoms. The fraction of sp³-hybridized carbons (Fsp3) is 0.600. The summed E-state index contributed by atoms with van der Waals surface area (Å²) in [7, 11) is 0. The second-order valence-electron chi connectivity index (χ2n) is 3.29. The van der Waals surface area contributed by atoms with Gasteiger partial charge in [0, 0.05) is 0 Å². The number of aliphatic hydroxyl groups excluding tert-OH is 2. The van der Waals surface area contributed by atoms with Crippen molar-refractivity contribution in [2.45, 2.75) is 38.9 Å². The Morgan fingerprint density at radius 1 is 0.875 bits per heavy atom. The molecule has 0 heterocycles. The highest BCUT2D eigenvalue weighted by molar-refractivity contribution is 6.00. The molecule has 0 aromatic carbocycles. The molecule has 0 amide bonds. The maximum absolute atomic E-state index is 10.9. The van der Waals surface area contributed by atoms with Crippen LogP contribution in [-0.4, -0.2) is 44.6 Å². The Kier molecular flexibility index (Phi) is 5.69. The summed E-state index contributed by atoms with van der Waals surface area (Å²) in [5.74, 6) is -3.06. The lowest BCUT2D eigenvalue weighted by Crippen LogP contribution is -2.28. The molecule has 0 radical (unpaired) electrons.